The highest BCUT2D eigenvalue weighted by atomic mass is 79.9. The second-order valence-electron chi connectivity index (χ2n) is 5.07. The number of aromatic nitrogens is 2. The molecule has 1 fully saturated rings. The lowest BCUT2D eigenvalue weighted by molar-refractivity contribution is -0.117. The minimum atomic E-state index is -0.931. The van der Waals surface area contributed by atoms with Crippen molar-refractivity contribution >= 4 is 50.9 Å². The first-order chi connectivity index (χ1) is 9.87. The maximum absolute atomic E-state index is 12.1. The summed E-state index contributed by atoms with van der Waals surface area (Å²) in [7, 11) is 0. The van der Waals surface area contributed by atoms with Crippen LogP contribution in [0.1, 0.15) is 12.1 Å². The highest BCUT2D eigenvalue weighted by molar-refractivity contribution is 9.10. The molecule has 2 aromatic rings. The summed E-state index contributed by atoms with van der Waals surface area (Å²) in [6.07, 6.45) is 0.478. The number of anilines is 1. The third-order valence-corrected chi connectivity index (χ3v) is 4.61. The quantitative estimate of drug-likeness (QED) is 0.805. The normalized spacial score (nSPS) is 19.3. The molecule has 0 radical (unpaired) electrons. The number of benzene rings is 1. The summed E-state index contributed by atoms with van der Waals surface area (Å²) in [6, 6.07) is 9.48. The van der Waals surface area contributed by atoms with E-state index >= 15 is 0 Å². The largest absolute Gasteiger partial charge is 0.310 e. The molecule has 110 valence electrons. The topological polar surface area (TPSA) is 46.9 Å². The van der Waals surface area contributed by atoms with Gasteiger partial charge in [0.15, 0.2) is 0 Å². The maximum Gasteiger partial charge on any atom is 0.231 e. The summed E-state index contributed by atoms with van der Waals surface area (Å²) in [5, 5.41) is 7.25. The maximum atomic E-state index is 12.1. The SMILES string of the molecule is Cc1cc(NC(=O)C2CC2(Cl)Cl)n(-c2cccc(Br)c2)n1. The molecule has 7 heteroatoms. The van der Waals surface area contributed by atoms with Gasteiger partial charge >= 0.3 is 0 Å². The van der Waals surface area contributed by atoms with Crippen LogP contribution in [0.25, 0.3) is 5.69 Å². The number of halogens is 3. The molecule has 1 aliphatic rings. The predicted octanol–water partition coefficient (Wildman–Crippen LogP) is 4.08. The van der Waals surface area contributed by atoms with Crippen LogP contribution in [0.2, 0.25) is 0 Å². The molecule has 1 saturated carbocycles. The van der Waals surface area contributed by atoms with E-state index in [9.17, 15) is 4.79 Å². The minimum absolute atomic E-state index is 0.184. The summed E-state index contributed by atoms with van der Waals surface area (Å²) in [5.74, 6) is 0.0507. The van der Waals surface area contributed by atoms with Crippen molar-refractivity contribution in [2.24, 2.45) is 5.92 Å². The molecule has 1 amide bonds. The van der Waals surface area contributed by atoms with Gasteiger partial charge in [-0.1, -0.05) is 22.0 Å². The fraction of sp³-hybridized carbons (Fsp3) is 0.286. The van der Waals surface area contributed by atoms with E-state index in [1.54, 1.807) is 4.68 Å². The number of alkyl halides is 2. The van der Waals surface area contributed by atoms with E-state index in [1.807, 2.05) is 37.3 Å². The van der Waals surface area contributed by atoms with Gasteiger partial charge in [-0.25, -0.2) is 4.68 Å². The van der Waals surface area contributed by atoms with Crippen LogP contribution in [0.4, 0.5) is 5.82 Å². The Balaban J connectivity index is 1.88. The number of amides is 1. The lowest BCUT2D eigenvalue weighted by atomic mass is 10.3. The zero-order valence-corrected chi connectivity index (χ0v) is 14.2. The second kappa shape index (κ2) is 5.30. The summed E-state index contributed by atoms with van der Waals surface area (Å²) in [6.45, 7) is 1.87. The van der Waals surface area contributed by atoms with Gasteiger partial charge in [0.05, 0.1) is 17.3 Å². The highest BCUT2D eigenvalue weighted by Crippen LogP contribution is 2.53. The van der Waals surface area contributed by atoms with Crippen molar-refractivity contribution in [3.05, 3.63) is 40.5 Å². The second-order valence-corrected chi connectivity index (χ2v) is 7.53. The monoisotopic (exact) mass is 387 g/mol. The molecule has 0 saturated heterocycles. The van der Waals surface area contributed by atoms with E-state index in [-0.39, 0.29) is 11.8 Å². The Hall–Kier alpha value is -1.04. The molecule has 1 atom stereocenters. The molecule has 1 aromatic heterocycles. The molecule has 0 spiro atoms. The van der Waals surface area contributed by atoms with Crippen LogP contribution in [-0.2, 0) is 4.79 Å². The van der Waals surface area contributed by atoms with Crippen LogP contribution in [0.3, 0.4) is 0 Å². The van der Waals surface area contributed by atoms with E-state index in [2.05, 4.69) is 26.3 Å². The van der Waals surface area contributed by atoms with Gasteiger partial charge in [-0.3, -0.25) is 4.79 Å². The molecule has 1 aliphatic carbocycles. The van der Waals surface area contributed by atoms with Gasteiger partial charge in [0.1, 0.15) is 10.2 Å². The number of rotatable bonds is 3. The van der Waals surface area contributed by atoms with Crippen LogP contribution in [0.15, 0.2) is 34.8 Å². The Kier molecular flexibility index (Phi) is 3.76. The molecule has 0 aliphatic heterocycles. The smallest absolute Gasteiger partial charge is 0.231 e. The van der Waals surface area contributed by atoms with Gasteiger partial charge in [-0.2, -0.15) is 5.10 Å². The third kappa shape index (κ3) is 3.10. The number of carbonyl (C=O) groups excluding carboxylic acids is 1. The van der Waals surface area contributed by atoms with Gasteiger partial charge in [0.2, 0.25) is 5.91 Å². The minimum Gasteiger partial charge on any atom is -0.310 e. The van der Waals surface area contributed by atoms with Crippen molar-refractivity contribution in [3.63, 3.8) is 0 Å². The Morgan fingerprint density at radius 3 is 2.81 bits per heavy atom. The number of hydrogen-bond donors (Lipinski definition) is 1. The van der Waals surface area contributed by atoms with E-state index in [4.69, 9.17) is 23.2 Å². The first-order valence-electron chi connectivity index (χ1n) is 6.38. The van der Waals surface area contributed by atoms with Crippen LogP contribution >= 0.6 is 39.1 Å². The average molecular weight is 389 g/mol. The molecular formula is C14H12BrCl2N3O. The molecule has 1 unspecified atom stereocenters. The average Bonchev–Trinajstić information content (AvgIpc) is 2.88. The Morgan fingerprint density at radius 1 is 1.48 bits per heavy atom. The van der Waals surface area contributed by atoms with E-state index in [1.165, 1.54) is 0 Å². The molecule has 21 heavy (non-hydrogen) atoms. The first kappa shape index (κ1) is 14.9. The summed E-state index contributed by atoms with van der Waals surface area (Å²) < 4.78 is 1.69. The summed E-state index contributed by atoms with van der Waals surface area (Å²) >= 11 is 15.3. The van der Waals surface area contributed by atoms with Crippen molar-refractivity contribution in [2.75, 3.05) is 5.32 Å². The lowest BCUT2D eigenvalue weighted by Gasteiger charge is -2.09. The number of hydrogen-bond acceptors (Lipinski definition) is 2. The number of aryl methyl sites for hydroxylation is 1. The molecule has 1 heterocycles. The summed E-state index contributed by atoms with van der Waals surface area (Å²) in [4.78, 5) is 12.1. The number of nitrogens with one attached hydrogen (secondary N) is 1. The van der Waals surface area contributed by atoms with Gasteiger partial charge in [-0.15, -0.1) is 23.2 Å². The van der Waals surface area contributed by atoms with Crippen molar-refractivity contribution in [2.45, 2.75) is 17.7 Å². The molecule has 4 nitrogen and oxygen atoms in total. The Bertz CT molecular complexity index is 714. The van der Waals surface area contributed by atoms with Gasteiger partial charge < -0.3 is 5.32 Å². The molecule has 1 aromatic carbocycles. The standard InChI is InChI=1S/C14H12BrCl2N3O/c1-8-5-12(18-13(21)11-7-14(11,16)17)20(19-8)10-4-2-3-9(15)6-10/h2-6,11H,7H2,1H3,(H,18,21). The predicted molar refractivity (Wildman–Crippen MR) is 87.2 cm³/mol. The van der Waals surface area contributed by atoms with E-state index in [0.717, 1.165) is 15.9 Å². The van der Waals surface area contributed by atoms with Gasteiger partial charge in [0, 0.05) is 10.5 Å². The Morgan fingerprint density at radius 2 is 2.19 bits per heavy atom. The van der Waals surface area contributed by atoms with Crippen LogP contribution in [-0.4, -0.2) is 20.0 Å². The van der Waals surface area contributed by atoms with Crippen molar-refractivity contribution < 1.29 is 4.79 Å². The molecule has 3 rings (SSSR count). The molecule has 0 bridgehead atoms. The van der Waals surface area contributed by atoms with Gasteiger partial charge in [0.25, 0.3) is 0 Å². The Labute approximate surface area is 140 Å². The van der Waals surface area contributed by atoms with Crippen molar-refractivity contribution in [1.29, 1.82) is 0 Å². The van der Waals surface area contributed by atoms with Crippen LogP contribution < -0.4 is 5.32 Å². The van der Waals surface area contributed by atoms with Crippen LogP contribution in [0, 0.1) is 12.8 Å². The molecular weight excluding hydrogens is 377 g/mol. The highest BCUT2D eigenvalue weighted by Gasteiger charge is 2.56. The lowest BCUT2D eigenvalue weighted by Crippen LogP contribution is -2.19. The molecule has 1 N–H and O–H groups in total. The van der Waals surface area contributed by atoms with Gasteiger partial charge in [-0.05, 0) is 31.5 Å². The summed E-state index contributed by atoms with van der Waals surface area (Å²) in [5.41, 5.74) is 1.66. The number of nitrogens with zero attached hydrogens (tertiary/aromatic N) is 2. The van der Waals surface area contributed by atoms with Crippen molar-refractivity contribution in [3.8, 4) is 5.69 Å². The van der Waals surface area contributed by atoms with E-state index < -0.39 is 4.33 Å². The zero-order valence-electron chi connectivity index (χ0n) is 11.1. The van der Waals surface area contributed by atoms with E-state index in [0.29, 0.717) is 12.2 Å². The van der Waals surface area contributed by atoms with Crippen LogP contribution in [0.5, 0.6) is 0 Å². The fourth-order valence-corrected chi connectivity index (χ4v) is 3.00. The fourth-order valence-electron chi connectivity index (χ4n) is 2.10. The zero-order chi connectivity index (χ0) is 15.2. The number of carbonyl (C=O) groups is 1. The third-order valence-electron chi connectivity index (χ3n) is 3.28. The first-order valence-corrected chi connectivity index (χ1v) is 7.93. The van der Waals surface area contributed by atoms with Crippen molar-refractivity contribution in [1.82, 2.24) is 9.78 Å².